The molecule has 0 amide bonds. The second-order valence-corrected chi connectivity index (χ2v) is 3.53. The molecule has 1 heterocycles. The fourth-order valence-corrected chi connectivity index (χ4v) is 1.65. The van der Waals surface area contributed by atoms with E-state index in [1.165, 1.54) is 7.11 Å². The van der Waals surface area contributed by atoms with Crippen molar-refractivity contribution in [2.45, 2.75) is 0 Å². The van der Waals surface area contributed by atoms with Gasteiger partial charge in [-0.2, -0.15) is 5.10 Å². The number of fused-ring (bicyclic) bond motifs is 1. The van der Waals surface area contributed by atoms with Crippen LogP contribution in [0.3, 0.4) is 0 Å². The monoisotopic (exact) mass is 231 g/mol. The van der Waals surface area contributed by atoms with Crippen molar-refractivity contribution in [2.75, 3.05) is 13.7 Å². The summed E-state index contributed by atoms with van der Waals surface area (Å²) in [6.45, 7) is 0.453. The van der Waals surface area contributed by atoms with E-state index in [0.717, 1.165) is 16.5 Å². The molecule has 0 unspecified atom stereocenters. The van der Waals surface area contributed by atoms with Crippen molar-refractivity contribution in [1.29, 1.82) is 0 Å². The number of carbonyl (C=O) groups excluding carboxylic acids is 1. The number of aromatic nitrogens is 2. The highest BCUT2D eigenvalue weighted by molar-refractivity contribution is 6.04. The van der Waals surface area contributed by atoms with Crippen LogP contribution in [-0.2, 0) is 4.74 Å². The smallest absolute Gasteiger partial charge is 0.338 e. The standard InChI is InChI=1S/C12H13N3O2/c1-17-12(16)9-5-8(3-2-4-13)6-11-10(9)7-14-15-11/h2-3,5-7H,4,13H2,1H3,(H,14,15). The summed E-state index contributed by atoms with van der Waals surface area (Å²) in [7, 11) is 1.36. The number of nitrogens with zero attached hydrogens (tertiary/aromatic N) is 1. The van der Waals surface area contributed by atoms with E-state index in [1.807, 2.05) is 18.2 Å². The minimum Gasteiger partial charge on any atom is -0.465 e. The molecule has 88 valence electrons. The van der Waals surface area contributed by atoms with Crippen LogP contribution in [0.4, 0.5) is 0 Å². The molecule has 0 saturated carbocycles. The maximum Gasteiger partial charge on any atom is 0.338 e. The molecule has 0 fully saturated rings. The number of H-pyrrole nitrogens is 1. The molecule has 0 aliphatic rings. The Bertz CT molecular complexity index is 572. The second-order valence-electron chi connectivity index (χ2n) is 3.53. The van der Waals surface area contributed by atoms with Crippen LogP contribution < -0.4 is 5.73 Å². The van der Waals surface area contributed by atoms with E-state index in [1.54, 1.807) is 12.3 Å². The molecular weight excluding hydrogens is 218 g/mol. The Labute approximate surface area is 98.3 Å². The molecule has 3 N–H and O–H groups in total. The lowest BCUT2D eigenvalue weighted by Crippen LogP contribution is -2.02. The highest BCUT2D eigenvalue weighted by Gasteiger charge is 2.12. The van der Waals surface area contributed by atoms with Gasteiger partial charge in [-0.15, -0.1) is 0 Å². The van der Waals surface area contributed by atoms with Gasteiger partial charge in [-0.3, -0.25) is 5.10 Å². The van der Waals surface area contributed by atoms with Gasteiger partial charge in [-0.05, 0) is 17.7 Å². The second kappa shape index (κ2) is 4.80. The van der Waals surface area contributed by atoms with Crippen LogP contribution in [0.25, 0.3) is 17.0 Å². The van der Waals surface area contributed by atoms with Gasteiger partial charge in [0.25, 0.3) is 0 Å². The molecule has 0 spiro atoms. The summed E-state index contributed by atoms with van der Waals surface area (Å²) in [5, 5.41) is 7.50. The number of hydrogen-bond donors (Lipinski definition) is 2. The number of hydrogen-bond acceptors (Lipinski definition) is 4. The zero-order valence-electron chi connectivity index (χ0n) is 9.43. The Hall–Kier alpha value is -2.14. The van der Waals surface area contributed by atoms with Gasteiger partial charge >= 0.3 is 5.97 Å². The first-order valence-corrected chi connectivity index (χ1v) is 5.18. The first-order chi connectivity index (χ1) is 8.26. The third kappa shape index (κ3) is 2.19. The summed E-state index contributed by atoms with van der Waals surface area (Å²) in [5.41, 5.74) is 7.57. The van der Waals surface area contributed by atoms with Gasteiger partial charge in [0.1, 0.15) is 0 Å². The molecule has 0 aliphatic heterocycles. The summed E-state index contributed by atoms with van der Waals surface area (Å²) in [6.07, 6.45) is 5.28. The number of carbonyl (C=O) groups is 1. The van der Waals surface area contributed by atoms with Crippen molar-refractivity contribution < 1.29 is 9.53 Å². The van der Waals surface area contributed by atoms with E-state index >= 15 is 0 Å². The first kappa shape index (κ1) is 11.3. The maximum absolute atomic E-state index is 11.6. The predicted molar refractivity (Wildman–Crippen MR) is 65.5 cm³/mol. The molecule has 0 radical (unpaired) electrons. The highest BCUT2D eigenvalue weighted by atomic mass is 16.5. The molecule has 1 aromatic carbocycles. The summed E-state index contributed by atoms with van der Waals surface area (Å²) in [4.78, 5) is 11.6. The van der Waals surface area contributed by atoms with Gasteiger partial charge in [-0.25, -0.2) is 4.79 Å². The van der Waals surface area contributed by atoms with Crippen molar-refractivity contribution in [1.82, 2.24) is 10.2 Å². The van der Waals surface area contributed by atoms with Gasteiger partial charge in [0.05, 0.1) is 24.4 Å². The lowest BCUT2D eigenvalue weighted by Gasteiger charge is -2.02. The van der Waals surface area contributed by atoms with Crippen molar-refractivity contribution in [3.05, 3.63) is 35.5 Å². The average Bonchev–Trinajstić information content (AvgIpc) is 2.82. The maximum atomic E-state index is 11.6. The van der Waals surface area contributed by atoms with Crippen LogP contribution in [0.15, 0.2) is 24.4 Å². The summed E-state index contributed by atoms with van der Waals surface area (Å²) >= 11 is 0. The molecule has 0 aliphatic carbocycles. The van der Waals surface area contributed by atoms with E-state index in [-0.39, 0.29) is 5.97 Å². The Morgan fingerprint density at radius 3 is 3.12 bits per heavy atom. The predicted octanol–water partition coefficient (Wildman–Crippen LogP) is 1.32. The number of nitrogens with one attached hydrogen (secondary N) is 1. The van der Waals surface area contributed by atoms with Crippen molar-refractivity contribution in [3.8, 4) is 0 Å². The number of benzene rings is 1. The van der Waals surface area contributed by atoms with E-state index in [0.29, 0.717) is 12.1 Å². The SMILES string of the molecule is COC(=O)c1cc(C=CCN)cc2[nH]ncc12. The minimum atomic E-state index is -0.376. The van der Waals surface area contributed by atoms with Crippen LogP contribution in [-0.4, -0.2) is 29.8 Å². The molecule has 0 atom stereocenters. The van der Waals surface area contributed by atoms with Gasteiger partial charge in [0.2, 0.25) is 0 Å². The van der Waals surface area contributed by atoms with Gasteiger partial charge in [-0.1, -0.05) is 12.2 Å². The Morgan fingerprint density at radius 2 is 2.41 bits per heavy atom. The lowest BCUT2D eigenvalue weighted by molar-refractivity contribution is 0.0603. The van der Waals surface area contributed by atoms with Gasteiger partial charge in [0, 0.05) is 11.9 Å². The van der Waals surface area contributed by atoms with E-state index in [2.05, 4.69) is 10.2 Å². The largest absolute Gasteiger partial charge is 0.465 e. The third-order valence-electron chi connectivity index (χ3n) is 2.43. The number of ether oxygens (including phenoxy) is 1. The normalized spacial score (nSPS) is 11.2. The Balaban J connectivity index is 2.58. The molecule has 2 aromatic rings. The fraction of sp³-hybridized carbons (Fsp3) is 0.167. The van der Waals surface area contributed by atoms with E-state index < -0.39 is 0 Å². The number of rotatable bonds is 3. The highest BCUT2D eigenvalue weighted by Crippen LogP contribution is 2.20. The number of esters is 1. The van der Waals surface area contributed by atoms with E-state index in [4.69, 9.17) is 10.5 Å². The molecule has 2 rings (SSSR count). The first-order valence-electron chi connectivity index (χ1n) is 5.18. The van der Waals surface area contributed by atoms with Crippen LogP contribution in [0.5, 0.6) is 0 Å². The Kier molecular flexibility index (Phi) is 3.20. The van der Waals surface area contributed by atoms with Crippen molar-refractivity contribution >= 4 is 22.9 Å². The van der Waals surface area contributed by atoms with Crippen LogP contribution in [0, 0.1) is 0 Å². The molecule has 0 bridgehead atoms. The lowest BCUT2D eigenvalue weighted by atomic mass is 10.1. The molecule has 5 nitrogen and oxygen atoms in total. The summed E-state index contributed by atoms with van der Waals surface area (Å²) in [5.74, 6) is -0.376. The van der Waals surface area contributed by atoms with Gasteiger partial charge < -0.3 is 10.5 Å². The van der Waals surface area contributed by atoms with Gasteiger partial charge in [0.15, 0.2) is 0 Å². The van der Waals surface area contributed by atoms with Crippen LogP contribution >= 0.6 is 0 Å². The summed E-state index contributed by atoms with van der Waals surface area (Å²) in [6, 6.07) is 3.66. The van der Waals surface area contributed by atoms with Crippen LogP contribution in [0.1, 0.15) is 15.9 Å². The average molecular weight is 231 g/mol. The number of aromatic amines is 1. The number of methoxy groups -OCH3 is 1. The van der Waals surface area contributed by atoms with Crippen molar-refractivity contribution in [2.24, 2.45) is 5.73 Å². The van der Waals surface area contributed by atoms with Crippen LogP contribution in [0.2, 0.25) is 0 Å². The Morgan fingerprint density at radius 1 is 1.59 bits per heavy atom. The molecule has 17 heavy (non-hydrogen) atoms. The zero-order valence-corrected chi connectivity index (χ0v) is 9.43. The van der Waals surface area contributed by atoms with E-state index in [9.17, 15) is 4.79 Å². The summed E-state index contributed by atoms with van der Waals surface area (Å²) < 4.78 is 4.74. The molecular formula is C12H13N3O2. The quantitative estimate of drug-likeness (QED) is 0.781. The van der Waals surface area contributed by atoms with Crippen molar-refractivity contribution in [3.63, 3.8) is 0 Å². The number of nitrogens with two attached hydrogens (primary N) is 1. The molecule has 1 aromatic heterocycles. The third-order valence-corrected chi connectivity index (χ3v) is 2.43. The topological polar surface area (TPSA) is 81.0 Å². The molecule has 5 heteroatoms. The molecule has 0 saturated heterocycles. The fourth-order valence-electron chi connectivity index (χ4n) is 1.65. The zero-order chi connectivity index (χ0) is 12.3. The minimum absolute atomic E-state index is 0.376.